The lowest BCUT2D eigenvalue weighted by Gasteiger charge is -2.19. The van der Waals surface area contributed by atoms with Crippen molar-refractivity contribution in [3.05, 3.63) is 83.7 Å². The van der Waals surface area contributed by atoms with Gasteiger partial charge in [0, 0.05) is 29.7 Å². The molecular formula is C18H16N2O. The Bertz CT molecular complexity index is 791. The molecule has 0 radical (unpaired) electrons. The van der Waals surface area contributed by atoms with Gasteiger partial charge in [-0.3, -0.25) is 0 Å². The number of benzene rings is 2. The minimum Gasteiger partial charge on any atom is -0.508 e. The first-order valence-corrected chi connectivity index (χ1v) is 7.11. The fourth-order valence-electron chi connectivity index (χ4n) is 3.06. The van der Waals surface area contributed by atoms with Gasteiger partial charge in [-0.15, -0.1) is 0 Å². The minimum atomic E-state index is -0.0198. The lowest BCUT2D eigenvalue weighted by atomic mass is 10.0. The number of aromatic nitrogens is 1. The van der Waals surface area contributed by atoms with E-state index in [1.807, 2.05) is 24.3 Å². The lowest BCUT2D eigenvalue weighted by Crippen LogP contribution is -2.21. The standard InChI is InChI=1S/C18H16N2O/c21-17-10-4-2-7-14(17)18-16-9-5-11-20(16)15-8-3-1-6-13(15)12-19-18/h1-11,18-19,21H,12H2/t18-/m0/s1. The molecule has 104 valence electrons. The average Bonchev–Trinajstić information content (AvgIpc) is 2.93. The predicted octanol–water partition coefficient (Wildman–Crippen LogP) is 3.38. The second-order valence-corrected chi connectivity index (χ2v) is 5.30. The third kappa shape index (κ3) is 1.94. The molecule has 0 fully saturated rings. The van der Waals surface area contributed by atoms with Crippen LogP contribution in [0.25, 0.3) is 5.69 Å². The second-order valence-electron chi connectivity index (χ2n) is 5.30. The van der Waals surface area contributed by atoms with Gasteiger partial charge in [0.25, 0.3) is 0 Å². The maximum Gasteiger partial charge on any atom is 0.120 e. The molecule has 0 unspecified atom stereocenters. The van der Waals surface area contributed by atoms with E-state index < -0.39 is 0 Å². The summed E-state index contributed by atoms with van der Waals surface area (Å²) in [6.45, 7) is 0.775. The maximum atomic E-state index is 10.2. The van der Waals surface area contributed by atoms with E-state index in [9.17, 15) is 5.11 Å². The van der Waals surface area contributed by atoms with Crippen molar-refractivity contribution in [1.82, 2.24) is 9.88 Å². The molecule has 0 amide bonds. The van der Waals surface area contributed by atoms with Gasteiger partial charge in [-0.05, 0) is 29.8 Å². The van der Waals surface area contributed by atoms with E-state index in [0.29, 0.717) is 5.75 Å². The van der Waals surface area contributed by atoms with E-state index in [0.717, 1.165) is 17.8 Å². The number of hydrogen-bond donors (Lipinski definition) is 2. The molecule has 2 N–H and O–H groups in total. The van der Waals surface area contributed by atoms with E-state index in [2.05, 4.69) is 46.4 Å². The average molecular weight is 276 g/mol. The summed E-state index contributed by atoms with van der Waals surface area (Å²) in [5, 5.41) is 13.7. The van der Waals surface area contributed by atoms with E-state index in [1.54, 1.807) is 6.07 Å². The molecule has 2 heterocycles. The SMILES string of the molecule is Oc1ccccc1[C@@H]1NCc2ccccc2-n2cccc21. The molecule has 2 aromatic carbocycles. The molecule has 4 rings (SSSR count). The van der Waals surface area contributed by atoms with Gasteiger partial charge >= 0.3 is 0 Å². The Labute approximate surface area is 123 Å². The van der Waals surface area contributed by atoms with Crippen LogP contribution in [0.3, 0.4) is 0 Å². The van der Waals surface area contributed by atoms with Gasteiger partial charge in [-0.2, -0.15) is 0 Å². The van der Waals surface area contributed by atoms with Gasteiger partial charge < -0.3 is 15.0 Å². The van der Waals surface area contributed by atoms with E-state index >= 15 is 0 Å². The van der Waals surface area contributed by atoms with Gasteiger partial charge in [-0.1, -0.05) is 36.4 Å². The van der Waals surface area contributed by atoms with E-state index in [-0.39, 0.29) is 6.04 Å². The molecule has 0 saturated heterocycles. The van der Waals surface area contributed by atoms with E-state index in [4.69, 9.17) is 0 Å². The van der Waals surface area contributed by atoms with Crippen LogP contribution in [0.5, 0.6) is 5.75 Å². The summed E-state index contributed by atoms with van der Waals surface area (Å²) in [5.74, 6) is 0.328. The molecule has 1 aliphatic rings. The Morgan fingerprint density at radius 1 is 0.952 bits per heavy atom. The zero-order chi connectivity index (χ0) is 14.2. The predicted molar refractivity (Wildman–Crippen MR) is 82.6 cm³/mol. The highest BCUT2D eigenvalue weighted by atomic mass is 16.3. The van der Waals surface area contributed by atoms with Gasteiger partial charge in [0.1, 0.15) is 5.75 Å². The Balaban J connectivity index is 1.90. The van der Waals surface area contributed by atoms with Crippen molar-refractivity contribution in [2.75, 3.05) is 0 Å². The molecule has 0 aliphatic carbocycles. The summed E-state index contributed by atoms with van der Waals surface area (Å²) in [6, 6.07) is 20.0. The Hall–Kier alpha value is -2.52. The van der Waals surface area contributed by atoms with Crippen LogP contribution in [0.15, 0.2) is 66.9 Å². The van der Waals surface area contributed by atoms with Crippen LogP contribution in [0, 0.1) is 0 Å². The summed E-state index contributed by atoms with van der Waals surface area (Å²) in [5.41, 5.74) is 4.50. The third-order valence-electron chi connectivity index (χ3n) is 4.07. The lowest BCUT2D eigenvalue weighted by molar-refractivity contribution is 0.456. The van der Waals surface area contributed by atoms with Crippen LogP contribution < -0.4 is 5.32 Å². The first kappa shape index (κ1) is 12.2. The third-order valence-corrected chi connectivity index (χ3v) is 4.07. The normalized spacial score (nSPS) is 16.9. The zero-order valence-corrected chi connectivity index (χ0v) is 11.5. The summed E-state index contributed by atoms with van der Waals surface area (Å²) in [4.78, 5) is 0. The van der Waals surface area contributed by atoms with Crippen molar-refractivity contribution in [3.63, 3.8) is 0 Å². The van der Waals surface area contributed by atoms with Gasteiger partial charge in [-0.25, -0.2) is 0 Å². The second kappa shape index (κ2) is 4.79. The number of para-hydroxylation sites is 2. The highest BCUT2D eigenvalue weighted by Crippen LogP contribution is 2.33. The molecule has 0 bridgehead atoms. The van der Waals surface area contributed by atoms with Gasteiger partial charge in [0.15, 0.2) is 0 Å². The highest BCUT2D eigenvalue weighted by Gasteiger charge is 2.24. The first-order chi connectivity index (χ1) is 10.3. The number of aromatic hydroxyl groups is 1. The molecule has 0 spiro atoms. The quantitative estimate of drug-likeness (QED) is 0.715. The molecule has 21 heavy (non-hydrogen) atoms. The Kier molecular flexibility index (Phi) is 2.79. The smallest absolute Gasteiger partial charge is 0.120 e. The van der Waals surface area contributed by atoms with Crippen LogP contribution in [0.2, 0.25) is 0 Å². The molecule has 3 heteroatoms. The summed E-state index contributed by atoms with van der Waals surface area (Å²) in [6.07, 6.45) is 2.08. The van der Waals surface area contributed by atoms with Crippen molar-refractivity contribution in [2.45, 2.75) is 12.6 Å². The van der Waals surface area contributed by atoms with Crippen molar-refractivity contribution in [2.24, 2.45) is 0 Å². The number of fused-ring (bicyclic) bond motifs is 3. The zero-order valence-electron chi connectivity index (χ0n) is 11.5. The number of hydrogen-bond acceptors (Lipinski definition) is 2. The summed E-state index contributed by atoms with van der Waals surface area (Å²) in [7, 11) is 0. The molecular weight excluding hydrogens is 260 g/mol. The van der Waals surface area contributed by atoms with Crippen molar-refractivity contribution in [1.29, 1.82) is 0 Å². The molecule has 3 aromatic rings. The number of nitrogens with one attached hydrogen (secondary N) is 1. The molecule has 1 aromatic heterocycles. The molecule has 3 nitrogen and oxygen atoms in total. The largest absolute Gasteiger partial charge is 0.508 e. The summed E-state index contributed by atoms with van der Waals surface area (Å²) >= 11 is 0. The highest BCUT2D eigenvalue weighted by molar-refractivity contribution is 5.48. The first-order valence-electron chi connectivity index (χ1n) is 7.11. The number of nitrogens with zero attached hydrogens (tertiary/aromatic N) is 1. The van der Waals surface area contributed by atoms with E-state index in [1.165, 1.54) is 11.3 Å². The van der Waals surface area contributed by atoms with Crippen molar-refractivity contribution < 1.29 is 5.11 Å². The Morgan fingerprint density at radius 3 is 2.67 bits per heavy atom. The Morgan fingerprint density at radius 2 is 1.76 bits per heavy atom. The molecule has 1 aliphatic heterocycles. The van der Waals surface area contributed by atoms with Gasteiger partial charge in [0.05, 0.1) is 6.04 Å². The number of phenolic OH excluding ortho intramolecular Hbond substituents is 1. The number of rotatable bonds is 1. The topological polar surface area (TPSA) is 37.2 Å². The van der Waals surface area contributed by atoms with Crippen LogP contribution in [-0.2, 0) is 6.54 Å². The van der Waals surface area contributed by atoms with Crippen LogP contribution >= 0.6 is 0 Å². The summed E-state index contributed by atoms with van der Waals surface area (Å²) < 4.78 is 2.20. The van der Waals surface area contributed by atoms with Crippen LogP contribution in [-0.4, -0.2) is 9.67 Å². The minimum absolute atomic E-state index is 0.0198. The van der Waals surface area contributed by atoms with Gasteiger partial charge in [0.2, 0.25) is 0 Å². The van der Waals surface area contributed by atoms with Crippen molar-refractivity contribution in [3.8, 4) is 11.4 Å². The molecule has 1 atom stereocenters. The van der Waals surface area contributed by atoms with Crippen LogP contribution in [0.1, 0.15) is 22.9 Å². The van der Waals surface area contributed by atoms with Crippen LogP contribution in [0.4, 0.5) is 0 Å². The molecule has 0 saturated carbocycles. The fraction of sp³-hybridized carbons (Fsp3) is 0.111. The number of phenols is 1. The maximum absolute atomic E-state index is 10.2. The monoisotopic (exact) mass is 276 g/mol. The fourth-order valence-corrected chi connectivity index (χ4v) is 3.06. The van der Waals surface area contributed by atoms with Crippen molar-refractivity contribution >= 4 is 0 Å².